The van der Waals surface area contributed by atoms with E-state index >= 15 is 0 Å². The minimum atomic E-state index is 0.150. The second-order valence-corrected chi connectivity index (χ2v) is 6.26. The lowest BCUT2D eigenvalue weighted by atomic mass is 10.1. The van der Waals surface area contributed by atoms with Gasteiger partial charge in [0.25, 0.3) is 0 Å². The van der Waals surface area contributed by atoms with Crippen LogP contribution in [0.1, 0.15) is 11.1 Å². The number of hydrogen-bond acceptors (Lipinski definition) is 3. The molecule has 0 aliphatic carbocycles. The average molecular weight is 347 g/mol. The van der Waals surface area contributed by atoms with Gasteiger partial charge < -0.3 is 9.47 Å². The van der Waals surface area contributed by atoms with E-state index in [0.29, 0.717) is 5.88 Å². The summed E-state index contributed by atoms with van der Waals surface area (Å²) in [6, 6.07) is 4.32. The summed E-state index contributed by atoms with van der Waals surface area (Å²) < 4.78 is 12.5. The van der Waals surface area contributed by atoms with Gasteiger partial charge >= 0.3 is 0 Å². The third-order valence-corrected chi connectivity index (χ3v) is 4.42. The Balaban J connectivity index is 1.76. The van der Waals surface area contributed by atoms with Gasteiger partial charge in [-0.15, -0.1) is 11.6 Å². The van der Waals surface area contributed by atoms with Crippen molar-refractivity contribution in [2.24, 2.45) is 0 Å². The van der Waals surface area contributed by atoms with Crippen molar-refractivity contribution in [3.8, 4) is 5.75 Å². The second kappa shape index (κ2) is 6.00. The van der Waals surface area contributed by atoms with Gasteiger partial charge in [-0.05, 0) is 17.7 Å². The van der Waals surface area contributed by atoms with Gasteiger partial charge in [-0.1, -0.05) is 15.9 Å². The fraction of sp³-hybridized carbons (Fsp3) is 0.571. The molecule has 19 heavy (non-hydrogen) atoms. The van der Waals surface area contributed by atoms with E-state index in [0.717, 1.165) is 49.5 Å². The van der Waals surface area contributed by atoms with Crippen LogP contribution in [0.25, 0.3) is 0 Å². The lowest BCUT2D eigenvalue weighted by Crippen LogP contribution is -2.42. The van der Waals surface area contributed by atoms with E-state index in [1.807, 2.05) is 0 Å². The monoisotopic (exact) mass is 345 g/mol. The van der Waals surface area contributed by atoms with Gasteiger partial charge in [-0.2, -0.15) is 0 Å². The van der Waals surface area contributed by atoms with Crippen LogP contribution in [0.2, 0.25) is 0 Å². The van der Waals surface area contributed by atoms with Crippen molar-refractivity contribution in [1.82, 2.24) is 4.90 Å². The maximum atomic E-state index is 5.88. The van der Waals surface area contributed by atoms with Gasteiger partial charge in [-0.3, -0.25) is 4.90 Å². The zero-order valence-electron chi connectivity index (χ0n) is 10.7. The smallest absolute Gasteiger partial charge is 0.127 e. The third-order valence-electron chi connectivity index (χ3n) is 3.61. The van der Waals surface area contributed by atoms with Crippen LogP contribution in [-0.2, 0) is 17.7 Å². The van der Waals surface area contributed by atoms with Crippen LogP contribution >= 0.6 is 27.5 Å². The SMILES string of the molecule is ClCC1CN(Cc2cc(Br)cc3c2OCC3)CCO1. The second-order valence-electron chi connectivity index (χ2n) is 5.03. The quantitative estimate of drug-likeness (QED) is 0.786. The lowest BCUT2D eigenvalue weighted by molar-refractivity contribution is -0.0195. The maximum absolute atomic E-state index is 5.88. The van der Waals surface area contributed by atoms with Gasteiger partial charge in [0.2, 0.25) is 0 Å². The first-order valence-corrected chi connectivity index (χ1v) is 7.93. The Morgan fingerprint density at radius 3 is 3.11 bits per heavy atom. The van der Waals surface area contributed by atoms with Gasteiger partial charge in [0.1, 0.15) is 5.75 Å². The molecule has 2 heterocycles. The number of alkyl halides is 1. The number of benzene rings is 1. The predicted molar refractivity (Wildman–Crippen MR) is 79.1 cm³/mol. The molecule has 0 amide bonds. The van der Waals surface area contributed by atoms with Crippen LogP contribution in [-0.4, -0.2) is 43.2 Å². The highest BCUT2D eigenvalue weighted by Gasteiger charge is 2.23. The van der Waals surface area contributed by atoms with Gasteiger partial charge in [0, 0.05) is 42.0 Å². The van der Waals surface area contributed by atoms with Crippen molar-refractivity contribution in [3.63, 3.8) is 0 Å². The van der Waals surface area contributed by atoms with E-state index in [4.69, 9.17) is 21.1 Å². The van der Waals surface area contributed by atoms with E-state index in [2.05, 4.69) is 33.0 Å². The molecule has 1 fully saturated rings. The van der Waals surface area contributed by atoms with Crippen molar-refractivity contribution in [3.05, 3.63) is 27.7 Å². The number of morpholine rings is 1. The first-order valence-electron chi connectivity index (χ1n) is 6.60. The normalized spacial score (nSPS) is 23.2. The first kappa shape index (κ1) is 13.7. The molecule has 1 aromatic rings. The molecule has 0 N–H and O–H groups in total. The van der Waals surface area contributed by atoms with Crippen molar-refractivity contribution >= 4 is 27.5 Å². The lowest BCUT2D eigenvalue weighted by Gasteiger charge is -2.32. The molecule has 0 saturated carbocycles. The van der Waals surface area contributed by atoms with Crippen molar-refractivity contribution in [2.75, 3.05) is 32.2 Å². The number of fused-ring (bicyclic) bond motifs is 1. The Labute approximate surface area is 126 Å². The highest BCUT2D eigenvalue weighted by atomic mass is 79.9. The Morgan fingerprint density at radius 1 is 1.37 bits per heavy atom. The molecule has 5 heteroatoms. The molecule has 0 spiro atoms. The topological polar surface area (TPSA) is 21.7 Å². The van der Waals surface area contributed by atoms with Crippen LogP contribution in [0.5, 0.6) is 5.75 Å². The van der Waals surface area contributed by atoms with E-state index in [-0.39, 0.29) is 6.10 Å². The number of ether oxygens (including phenoxy) is 2. The molecule has 1 unspecified atom stereocenters. The molecule has 1 atom stereocenters. The van der Waals surface area contributed by atoms with Gasteiger partial charge in [-0.25, -0.2) is 0 Å². The summed E-state index contributed by atoms with van der Waals surface area (Å²) in [5, 5.41) is 0. The van der Waals surface area contributed by atoms with Crippen molar-refractivity contribution in [2.45, 2.75) is 19.1 Å². The predicted octanol–water partition coefficient (Wildman–Crippen LogP) is 2.82. The largest absolute Gasteiger partial charge is 0.493 e. The molecule has 1 aromatic carbocycles. The number of hydrogen-bond donors (Lipinski definition) is 0. The van der Waals surface area contributed by atoms with E-state index < -0.39 is 0 Å². The molecule has 2 aliphatic rings. The number of halogens is 2. The summed E-state index contributed by atoms with van der Waals surface area (Å²) in [5.74, 6) is 1.64. The minimum Gasteiger partial charge on any atom is -0.493 e. The highest BCUT2D eigenvalue weighted by molar-refractivity contribution is 9.10. The zero-order valence-corrected chi connectivity index (χ0v) is 13.0. The minimum absolute atomic E-state index is 0.150. The average Bonchev–Trinajstić information content (AvgIpc) is 2.87. The third kappa shape index (κ3) is 3.07. The fourth-order valence-electron chi connectivity index (χ4n) is 2.72. The van der Waals surface area contributed by atoms with Crippen LogP contribution in [0, 0.1) is 0 Å². The van der Waals surface area contributed by atoms with Gasteiger partial charge in [0.15, 0.2) is 0 Å². The zero-order chi connectivity index (χ0) is 13.2. The number of nitrogens with zero attached hydrogens (tertiary/aromatic N) is 1. The summed E-state index contributed by atoms with van der Waals surface area (Å²) in [4.78, 5) is 2.39. The number of rotatable bonds is 3. The van der Waals surface area contributed by atoms with E-state index in [1.165, 1.54) is 11.1 Å². The molecule has 104 valence electrons. The summed E-state index contributed by atoms with van der Waals surface area (Å²) in [7, 11) is 0. The van der Waals surface area contributed by atoms with Crippen LogP contribution in [0.4, 0.5) is 0 Å². The molecule has 1 saturated heterocycles. The van der Waals surface area contributed by atoms with E-state index in [9.17, 15) is 0 Å². The van der Waals surface area contributed by atoms with Crippen molar-refractivity contribution in [1.29, 1.82) is 0 Å². The molecule has 3 rings (SSSR count). The van der Waals surface area contributed by atoms with E-state index in [1.54, 1.807) is 0 Å². The summed E-state index contributed by atoms with van der Waals surface area (Å²) in [6.07, 6.45) is 1.16. The summed E-state index contributed by atoms with van der Waals surface area (Å²) in [5.41, 5.74) is 2.57. The molecule has 2 aliphatic heterocycles. The van der Waals surface area contributed by atoms with Gasteiger partial charge in [0.05, 0.1) is 19.3 Å². The molecule has 0 bridgehead atoms. The summed E-state index contributed by atoms with van der Waals surface area (Å²) >= 11 is 9.47. The molecule has 0 aromatic heterocycles. The Bertz CT molecular complexity index is 469. The molecule has 0 radical (unpaired) electrons. The first-order chi connectivity index (χ1) is 9.26. The Hall–Kier alpha value is -0.290. The standard InChI is InChI=1S/C14H17BrClNO2/c15-12-5-10-1-3-19-14(10)11(6-12)8-17-2-4-18-13(7-16)9-17/h5-6,13H,1-4,7-9H2. The molecule has 3 nitrogen and oxygen atoms in total. The Morgan fingerprint density at radius 2 is 2.26 bits per heavy atom. The van der Waals surface area contributed by atoms with Crippen LogP contribution in [0.15, 0.2) is 16.6 Å². The molecular weight excluding hydrogens is 330 g/mol. The summed E-state index contributed by atoms with van der Waals surface area (Å²) in [6.45, 7) is 4.30. The maximum Gasteiger partial charge on any atom is 0.127 e. The van der Waals surface area contributed by atoms with Crippen molar-refractivity contribution < 1.29 is 9.47 Å². The van der Waals surface area contributed by atoms with Crippen LogP contribution < -0.4 is 4.74 Å². The Kier molecular flexibility index (Phi) is 4.32. The molecular formula is C14H17BrClNO2. The highest BCUT2D eigenvalue weighted by Crippen LogP contribution is 2.34. The fourth-order valence-corrected chi connectivity index (χ4v) is 3.46. The van der Waals surface area contributed by atoms with Crippen LogP contribution in [0.3, 0.4) is 0 Å².